The number of aromatic nitrogens is 1. The van der Waals surface area contributed by atoms with Crippen LogP contribution in [0.15, 0.2) is 62.5 Å². The molecule has 0 saturated carbocycles. The van der Waals surface area contributed by atoms with Gasteiger partial charge in [-0.2, -0.15) is 0 Å². The van der Waals surface area contributed by atoms with Crippen LogP contribution in [0.4, 0.5) is 0 Å². The first-order valence-electron chi connectivity index (χ1n) is 7.39. The van der Waals surface area contributed by atoms with Gasteiger partial charge in [-0.15, -0.1) is 0 Å². The number of rotatable bonds is 0. The van der Waals surface area contributed by atoms with Crippen molar-refractivity contribution in [2.75, 3.05) is 0 Å². The fourth-order valence-corrected chi connectivity index (χ4v) is 2.46. The first kappa shape index (κ1) is 16.4. The summed E-state index contributed by atoms with van der Waals surface area (Å²) in [4.78, 5) is 44.1. The third-order valence-electron chi connectivity index (χ3n) is 3.72. The van der Waals surface area contributed by atoms with E-state index in [1.807, 2.05) is 0 Å². The Kier molecular flexibility index (Phi) is 4.30. The van der Waals surface area contributed by atoms with Crippen LogP contribution in [0.2, 0.25) is 0 Å². The molecule has 1 aliphatic rings. The van der Waals surface area contributed by atoms with E-state index in [-0.39, 0.29) is 6.42 Å². The molecular weight excluding hydrogens is 326 g/mol. The molecular formula is C18H13NO6. The van der Waals surface area contributed by atoms with Crippen molar-refractivity contribution in [2.24, 2.45) is 7.05 Å². The summed E-state index contributed by atoms with van der Waals surface area (Å²) in [6.07, 6.45) is 0.196. The van der Waals surface area contributed by atoms with Gasteiger partial charge in [0, 0.05) is 7.05 Å². The summed E-state index contributed by atoms with van der Waals surface area (Å²) < 4.78 is 10.2. The van der Waals surface area contributed by atoms with E-state index in [4.69, 9.17) is 0 Å². The van der Waals surface area contributed by atoms with E-state index >= 15 is 0 Å². The van der Waals surface area contributed by atoms with Gasteiger partial charge in [-0.05, 0) is 23.8 Å². The highest BCUT2D eigenvalue weighted by molar-refractivity contribution is 6.02. The molecule has 1 aliphatic heterocycles. The van der Waals surface area contributed by atoms with Crippen molar-refractivity contribution >= 4 is 22.8 Å². The second kappa shape index (κ2) is 6.56. The highest BCUT2D eigenvalue weighted by Gasteiger charge is 2.23. The molecule has 0 amide bonds. The number of fused-ring (bicyclic) bond motifs is 2. The molecule has 7 heteroatoms. The van der Waals surface area contributed by atoms with Gasteiger partial charge in [0.2, 0.25) is 0 Å². The van der Waals surface area contributed by atoms with E-state index in [1.54, 1.807) is 55.6 Å². The molecule has 0 unspecified atom stereocenters. The number of benzene rings is 2. The van der Waals surface area contributed by atoms with Crippen LogP contribution in [-0.2, 0) is 23.0 Å². The molecule has 1 aromatic heterocycles. The number of esters is 2. The van der Waals surface area contributed by atoms with Crippen LogP contribution >= 0.6 is 0 Å². The normalized spacial score (nSPS) is 12.8. The fourth-order valence-electron chi connectivity index (χ4n) is 2.46. The Morgan fingerprint density at radius 2 is 1.60 bits per heavy atom. The second-order valence-electron chi connectivity index (χ2n) is 5.33. The van der Waals surface area contributed by atoms with Crippen LogP contribution in [0, 0.1) is 0 Å². The van der Waals surface area contributed by atoms with Gasteiger partial charge in [0.05, 0.1) is 22.9 Å². The quantitative estimate of drug-likeness (QED) is 0.454. The Hall–Kier alpha value is -3.48. The molecule has 0 bridgehead atoms. The zero-order chi connectivity index (χ0) is 18.0. The van der Waals surface area contributed by atoms with Gasteiger partial charge in [0.1, 0.15) is 0 Å². The van der Waals surface area contributed by atoms with Crippen molar-refractivity contribution in [3.63, 3.8) is 0 Å². The molecule has 126 valence electrons. The van der Waals surface area contributed by atoms with Crippen molar-refractivity contribution in [2.45, 2.75) is 6.42 Å². The Labute approximate surface area is 141 Å². The van der Waals surface area contributed by atoms with Crippen molar-refractivity contribution in [1.29, 1.82) is 0 Å². The summed E-state index contributed by atoms with van der Waals surface area (Å²) in [5.74, 6) is -1.65. The van der Waals surface area contributed by atoms with Crippen LogP contribution in [0.25, 0.3) is 10.9 Å². The molecule has 7 nitrogen and oxygen atoms in total. The summed E-state index contributed by atoms with van der Waals surface area (Å²) in [6.45, 7) is 0. The average Bonchev–Trinajstić information content (AvgIpc) is 2.60. The maximum atomic E-state index is 11.2. The zero-order valence-corrected chi connectivity index (χ0v) is 13.2. The highest BCUT2D eigenvalue weighted by atomic mass is 16.6. The minimum atomic E-state index is -0.635. The Balaban J connectivity index is 0.000000146. The first-order chi connectivity index (χ1) is 12.0. The number of nitrogens with zero attached hydrogens (tertiary/aromatic N) is 1. The van der Waals surface area contributed by atoms with E-state index in [0.29, 0.717) is 16.5 Å². The zero-order valence-electron chi connectivity index (χ0n) is 13.2. The maximum absolute atomic E-state index is 11.2. The highest BCUT2D eigenvalue weighted by Crippen LogP contribution is 2.16. The molecule has 0 spiro atoms. The summed E-state index contributed by atoms with van der Waals surface area (Å²) in [5.41, 5.74) is 1.25. The number of aryl methyl sites for hydroxylation is 1. The largest absolute Gasteiger partial charge is 0.422 e. The van der Waals surface area contributed by atoms with Crippen molar-refractivity contribution in [3.05, 3.63) is 80.6 Å². The van der Waals surface area contributed by atoms with E-state index in [9.17, 15) is 19.2 Å². The number of para-hydroxylation sites is 1. The Bertz CT molecular complexity index is 1090. The fraction of sp³-hybridized carbons (Fsp3) is 0.111. The summed E-state index contributed by atoms with van der Waals surface area (Å²) >= 11 is 0. The van der Waals surface area contributed by atoms with Crippen molar-refractivity contribution in [1.82, 2.24) is 4.57 Å². The standard InChI is InChI=1S/C9H7NO3.C9H6O3/c1-10-7-5-3-2-4-6(7)8(11)13-9(10)12;10-8-5-6-3-1-2-4-7(6)9(11)12-8/h2-5H,1H3;1-4H,5H2. The predicted octanol–water partition coefficient (Wildman–Crippen LogP) is 1.42. The lowest BCUT2D eigenvalue weighted by Gasteiger charge is -2.12. The minimum absolute atomic E-state index is 0.196. The molecule has 0 atom stereocenters. The van der Waals surface area contributed by atoms with Gasteiger partial charge in [-0.3, -0.25) is 9.36 Å². The summed E-state index contributed by atoms with van der Waals surface area (Å²) in [6, 6.07) is 13.8. The van der Waals surface area contributed by atoms with E-state index in [0.717, 1.165) is 5.56 Å². The molecule has 2 aromatic carbocycles. The Morgan fingerprint density at radius 3 is 2.40 bits per heavy atom. The first-order valence-corrected chi connectivity index (χ1v) is 7.39. The van der Waals surface area contributed by atoms with E-state index < -0.39 is 23.3 Å². The number of carbonyl (C=O) groups excluding carboxylic acids is 2. The summed E-state index contributed by atoms with van der Waals surface area (Å²) in [5, 5.41) is 0.421. The Morgan fingerprint density at radius 1 is 0.920 bits per heavy atom. The van der Waals surface area contributed by atoms with Gasteiger partial charge in [-0.25, -0.2) is 14.4 Å². The number of hydrogen-bond acceptors (Lipinski definition) is 6. The lowest BCUT2D eigenvalue weighted by atomic mass is 10.0. The van der Waals surface area contributed by atoms with Gasteiger partial charge >= 0.3 is 23.3 Å². The number of hydrogen-bond donors (Lipinski definition) is 0. The monoisotopic (exact) mass is 339 g/mol. The number of carbonyl (C=O) groups is 2. The maximum Gasteiger partial charge on any atom is 0.422 e. The molecule has 25 heavy (non-hydrogen) atoms. The smallest absolute Gasteiger partial charge is 0.389 e. The van der Waals surface area contributed by atoms with Crippen LogP contribution in [0.1, 0.15) is 15.9 Å². The topological polar surface area (TPSA) is 95.6 Å². The van der Waals surface area contributed by atoms with Crippen LogP contribution in [-0.4, -0.2) is 16.5 Å². The SMILES string of the molecule is Cn1c(=O)oc(=O)c2ccccc21.O=C1Cc2ccccc2C(=O)O1. The number of ether oxygens (including phenoxy) is 1. The van der Waals surface area contributed by atoms with Gasteiger partial charge in [-0.1, -0.05) is 30.3 Å². The van der Waals surface area contributed by atoms with Gasteiger partial charge in [0.15, 0.2) is 0 Å². The lowest BCUT2D eigenvalue weighted by molar-refractivity contribution is -0.137. The average molecular weight is 339 g/mol. The minimum Gasteiger partial charge on any atom is -0.389 e. The molecule has 0 aliphatic carbocycles. The molecule has 0 radical (unpaired) electrons. The summed E-state index contributed by atoms with van der Waals surface area (Å²) in [7, 11) is 1.56. The van der Waals surface area contributed by atoms with E-state index in [2.05, 4.69) is 9.15 Å². The lowest BCUT2D eigenvalue weighted by Crippen LogP contribution is -2.22. The molecule has 3 aromatic rings. The van der Waals surface area contributed by atoms with Crippen LogP contribution in [0.3, 0.4) is 0 Å². The van der Waals surface area contributed by atoms with E-state index in [1.165, 1.54) is 4.57 Å². The molecule has 2 heterocycles. The number of cyclic esters (lactones) is 2. The van der Waals surface area contributed by atoms with Gasteiger partial charge < -0.3 is 9.15 Å². The second-order valence-corrected chi connectivity index (χ2v) is 5.33. The third kappa shape index (κ3) is 3.25. The molecule has 0 fully saturated rings. The van der Waals surface area contributed by atoms with Crippen LogP contribution < -0.4 is 11.4 Å². The van der Waals surface area contributed by atoms with Crippen LogP contribution in [0.5, 0.6) is 0 Å². The molecule has 4 rings (SSSR count). The van der Waals surface area contributed by atoms with Gasteiger partial charge in [0.25, 0.3) is 0 Å². The van der Waals surface area contributed by atoms with Crippen molar-refractivity contribution < 1.29 is 18.7 Å². The molecule has 0 saturated heterocycles. The predicted molar refractivity (Wildman–Crippen MR) is 88.3 cm³/mol. The third-order valence-corrected chi connectivity index (χ3v) is 3.72. The van der Waals surface area contributed by atoms with Crippen molar-refractivity contribution in [3.8, 4) is 0 Å². The molecule has 0 N–H and O–H groups in total.